The first-order chi connectivity index (χ1) is 16.7. The van der Waals surface area contributed by atoms with Crippen molar-refractivity contribution < 1.29 is 18.8 Å². The van der Waals surface area contributed by atoms with E-state index < -0.39 is 20.3 Å². The lowest BCUT2D eigenvalue weighted by atomic mass is 10.2. The third-order valence-electron chi connectivity index (χ3n) is 5.63. The van der Waals surface area contributed by atoms with Crippen molar-refractivity contribution in [2.24, 2.45) is 0 Å². The lowest BCUT2D eigenvalue weighted by molar-refractivity contribution is -0.142. The summed E-state index contributed by atoms with van der Waals surface area (Å²) >= 11 is 0. The van der Waals surface area contributed by atoms with Gasteiger partial charge in [0.1, 0.15) is 11.9 Å². The Hall–Kier alpha value is -3.56. The second kappa shape index (κ2) is 11.2. The van der Waals surface area contributed by atoms with Gasteiger partial charge in [0, 0.05) is 13.1 Å². The highest BCUT2D eigenvalue weighted by atomic mass is 28.4. The molecule has 1 amide bonds. The number of benzene rings is 2. The number of anilines is 2. The second-order valence-corrected chi connectivity index (χ2v) is 13.4. The van der Waals surface area contributed by atoms with Crippen LogP contribution in [0, 0.1) is 0 Å². The summed E-state index contributed by atoms with van der Waals surface area (Å²) in [5.41, 5.74) is 0. The van der Waals surface area contributed by atoms with Crippen molar-refractivity contribution in [2.75, 3.05) is 24.4 Å². The molecule has 1 aromatic heterocycles. The van der Waals surface area contributed by atoms with Crippen LogP contribution in [0.25, 0.3) is 0 Å². The Morgan fingerprint density at radius 3 is 2.03 bits per heavy atom. The summed E-state index contributed by atoms with van der Waals surface area (Å²) in [5.74, 6) is -0.270. The van der Waals surface area contributed by atoms with E-state index in [1.165, 1.54) is 20.2 Å². The maximum absolute atomic E-state index is 12.8. The second-order valence-electron chi connectivity index (χ2n) is 9.14. The summed E-state index contributed by atoms with van der Waals surface area (Å²) in [5, 5.41) is 7.60. The zero-order valence-corrected chi connectivity index (χ0v) is 21.7. The van der Waals surface area contributed by atoms with Gasteiger partial charge in [-0.3, -0.25) is 10.1 Å². The molecule has 0 saturated heterocycles. The minimum Gasteiger partial charge on any atom is -0.467 e. The van der Waals surface area contributed by atoms with E-state index in [9.17, 15) is 9.59 Å². The molecule has 3 rings (SSSR count). The predicted octanol–water partition coefficient (Wildman–Crippen LogP) is 2.97. The number of methoxy groups -OCH3 is 1. The predicted molar refractivity (Wildman–Crippen MR) is 139 cm³/mol. The summed E-state index contributed by atoms with van der Waals surface area (Å²) in [4.78, 5) is 32.4. The van der Waals surface area contributed by atoms with Crippen LogP contribution >= 0.6 is 0 Å². The Morgan fingerprint density at radius 1 is 0.971 bits per heavy atom. The molecule has 0 aliphatic rings. The lowest BCUT2D eigenvalue weighted by Gasteiger charge is -2.43. The van der Waals surface area contributed by atoms with Crippen molar-refractivity contribution in [3.05, 3.63) is 72.9 Å². The molecule has 8 nitrogen and oxygen atoms in total. The molecule has 0 bridgehead atoms. The molecule has 0 fully saturated rings. The molecule has 0 unspecified atom stereocenters. The van der Waals surface area contributed by atoms with E-state index in [1.807, 2.05) is 36.4 Å². The number of carbonyl (C=O) groups is 2. The van der Waals surface area contributed by atoms with Crippen molar-refractivity contribution in [3.8, 4) is 0 Å². The first-order valence-corrected chi connectivity index (χ1v) is 13.3. The van der Waals surface area contributed by atoms with Gasteiger partial charge in [0.2, 0.25) is 11.9 Å². The van der Waals surface area contributed by atoms with Gasteiger partial charge in [-0.15, -0.1) is 0 Å². The Balaban J connectivity index is 1.98. The number of nitrogens with zero attached hydrogens (tertiary/aromatic N) is 2. The Labute approximate surface area is 207 Å². The fraction of sp³-hybridized carbons (Fsp3) is 0.308. The van der Waals surface area contributed by atoms with E-state index in [1.54, 1.807) is 6.07 Å². The van der Waals surface area contributed by atoms with Gasteiger partial charge in [0.05, 0.1) is 13.7 Å². The van der Waals surface area contributed by atoms with Gasteiger partial charge in [-0.25, -0.2) is 9.78 Å². The van der Waals surface area contributed by atoms with Gasteiger partial charge >= 0.3 is 5.97 Å². The van der Waals surface area contributed by atoms with Crippen LogP contribution in [0.3, 0.4) is 0 Å². The van der Waals surface area contributed by atoms with Gasteiger partial charge in [-0.1, -0.05) is 81.4 Å². The van der Waals surface area contributed by atoms with Crippen LogP contribution in [0.2, 0.25) is 5.04 Å². The van der Waals surface area contributed by atoms with Crippen molar-refractivity contribution in [2.45, 2.75) is 38.8 Å². The first kappa shape index (κ1) is 26.0. The zero-order valence-electron chi connectivity index (χ0n) is 20.7. The molecule has 0 aliphatic carbocycles. The maximum atomic E-state index is 12.8. The van der Waals surface area contributed by atoms with Crippen LogP contribution in [0.15, 0.2) is 72.9 Å². The van der Waals surface area contributed by atoms with Gasteiger partial charge in [0.15, 0.2) is 0 Å². The Morgan fingerprint density at radius 2 is 1.54 bits per heavy atom. The summed E-state index contributed by atoms with van der Waals surface area (Å²) in [6.07, 6.45) is 1.50. The fourth-order valence-corrected chi connectivity index (χ4v) is 8.69. The van der Waals surface area contributed by atoms with Crippen molar-refractivity contribution >= 4 is 42.3 Å². The number of nitrogens with one attached hydrogen (secondary N) is 2. The number of carbonyl (C=O) groups excluding carboxylic acids is 2. The molecule has 1 heterocycles. The fourth-order valence-electron chi connectivity index (χ4n) is 4.12. The van der Waals surface area contributed by atoms with Crippen LogP contribution < -0.4 is 21.0 Å². The van der Waals surface area contributed by atoms with E-state index in [0.717, 1.165) is 10.4 Å². The minimum absolute atomic E-state index is 0.0550. The molecule has 9 heteroatoms. The number of amides is 1. The first-order valence-electron chi connectivity index (χ1n) is 11.4. The number of rotatable bonds is 9. The van der Waals surface area contributed by atoms with E-state index >= 15 is 0 Å². The third-order valence-corrected chi connectivity index (χ3v) is 10.6. The number of hydrogen-bond donors (Lipinski definition) is 2. The minimum atomic E-state index is -2.86. The quantitative estimate of drug-likeness (QED) is 0.350. The number of hydrogen-bond acceptors (Lipinski definition) is 7. The van der Waals surface area contributed by atoms with E-state index in [0.29, 0.717) is 5.82 Å². The monoisotopic (exact) mass is 492 g/mol. The highest BCUT2D eigenvalue weighted by Crippen LogP contribution is 2.36. The maximum Gasteiger partial charge on any atom is 0.330 e. The number of esters is 1. The number of ether oxygens (including phenoxy) is 1. The topological polar surface area (TPSA) is 102 Å². The van der Waals surface area contributed by atoms with Crippen molar-refractivity contribution in [1.29, 1.82) is 0 Å². The molecule has 0 radical (unpaired) electrons. The SMILES string of the molecule is COC(=O)[C@@H](CO[Si](c1ccccc1)(c1ccccc1)C(C)(C)C)Nc1ccnc(NC(C)=O)n1. The standard InChI is InChI=1S/C26H32N4O4Si/c1-19(31)28-25-27-17-16-23(30-25)29-22(24(32)33-5)18-34-35(26(2,3)4,20-12-8-6-9-13-20)21-14-10-7-11-15-21/h6-17,22H,18H2,1-5H3,(H2,27,28,29,30,31)/t22-/m1/s1. The number of aromatic nitrogens is 2. The molecular weight excluding hydrogens is 460 g/mol. The van der Waals surface area contributed by atoms with Crippen LogP contribution in [0.5, 0.6) is 0 Å². The summed E-state index contributed by atoms with van der Waals surface area (Å²) in [6, 6.07) is 21.2. The van der Waals surface area contributed by atoms with E-state index in [4.69, 9.17) is 9.16 Å². The molecule has 184 valence electrons. The van der Waals surface area contributed by atoms with Crippen LogP contribution in [-0.4, -0.2) is 49.9 Å². The molecular formula is C26H32N4O4Si. The Kier molecular flexibility index (Phi) is 8.37. The lowest BCUT2D eigenvalue weighted by Crippen LogP contribution is -2.67. The molecule has 0 spiro atoms. The molecule has 2 aromatic carbocycles. The van der Waals surface area contributed by atoms with Gasteiger partial charge in [-0.2, -0.15) is 4.98 Å². The molecule has 0 aliphatic heterocycles. The smallest absolute Gasteiger partial charge is 0.330 e. The highest BCUT2D eigenvalue weighted by Gasteiger charge is 2.50. The molecule has 3 aromatic rings. The van der Waals surface area contributed by atoms with Crippen LogP contribution in [-0.2, 0) is 18.8 Å². The van der Waals surface area contributed by atoms with Gasteiger partial charge < -0.3 is 14.5 Å². The van der Waals surface area contributed by atoms with Crippen LogP contribution in [0.4, 0.5) is 11.8 Å². The highest BCUT2D eigenvalue weighted by molar-refractivity contribution is 6.99. The van der Waals surface area contributed by atoms with E-state index in [2.05, 4.69) is 65.6 Å². The summed E-state index contributed by atoms with van der Waals surface area (Å²) in [6.45, 7) is 7.94. The molecule has 35 heavy (non-hydrogen) atoms. The summed E-state index contributed by atoms with van der Waals surface area (Å²) < 4.78 is 11.9. The molecule has 1 atom stereocenters. The molecule has 0 saturated carbocycles. The Bertz CT molecular complexity index is 1100. The van der Waals surface area contributed by atoms with Crippen LogP contribution in [0.1, 0.15) is 27.7 Å². The van der Waals surface area contributed by atoms with Crippen molar-refractivity contribution in [3.63, 3.8) is 0 Å². The normalized spacial score (nSPS) is 12.5. The van der Waals surface area contributed by atoms with Gasteiger partial charge in [0.25, 0.3) is 8.32 Å². The van der Waals surface area contributed by atoms with E-state index in [-0.39, 0.29) is 23.5 Å². The summed E-state index contributed by atoms with van der Waals surface area (Å²) in [7, 11) is -1.52. The average Bonchev–Trinajstić information content (AvgIpc) is 2.83. The third kappa shape index (κ3) is 6.12. The average molecular weight is 493 g/mol. The largest absolute Gasteiger partial charge is 0.467 e. The molecule has 2 N–H and O–H groups in total. The van der Waals surface area contributed by atoms with Crippen molar-refractivity contribution in [1.82, 2.24) is 9.97 Å². The zero-order chi connectivity index (χ0) is 25.5. The van der Waals surface area contributed by atoms with Gasteiger partial charge in [-0.05, 0) is 21.5 Å².